The first kappa shape index (κ1) is 16.3. The van der Waals surface area contributed by atoms with E-state index >= 15 is 0 Å². The van der Waals surface area contributed by atoms with Gasteiger partial charge in [0, 0.05) is 0 Å². The van der Waals surface area contributed by atoms with E-state index in [1.54, 1.807) is 19.5 Å². The van der Waals surface area contributed by atoms with Gasteiger partial charge in [0.1, 0.15) is 17.1 Å². The van der Waals surface area contributed by atoms with Crippen LogP contribution in [0.15, 0.2) is 45.6 Å². The van der Waals surface area contributed by atoms with Crippen molar-refractivity contribution in [3.8, 4) is 6.07 Å². The SMILES string of the molecule is CC(C#N)(NC(=O)CN(Cc1ccco1)Cc1ccco1)C1CC1. The molecule has 6 nitrogen and oxygen atoms in total. The summed E-state index contributed by atoms with van der Waals surface area (Å²) in [6.45, 7) is 2.96. The van der Waals surface area contributed by atoms with Crippen LogP contribution in [0.5, 0.6) is 0 Å². The molecule has 1 unspecified atom stereocenters. The van der Waals surface area contributed by atoms with Crippen molar-refractivity contribution in [2.24, 2.45) is 5.92 Å². The van der Waals surface area contributed by atoms with Crippen LogP contribution in [-0.2, 0) is 17.9 Å². The third-order valence-corrected chi connectivity index (χ3v) is 4.31. The van der Waals surface area contributed by atoms with E-state index in [0.29, 0.717) is 13.1 Å². The van der Waals surface area contributed by atoms with Gasteiger partial charge in [-0.2, -0.15) is 5.26 Å². The van der Waals surface area contributed by atoms with E-state index < -0.39 is 5.54 Å². The summed E-state index contributed by atoms with van der Waals surface area (Å²) in [4.78, 5) is 14.4. The van der Waals surface area contributed by atoms with E-state index in [1.165, 1.54) is 0 Å². The lowest BCUT2D eigenvalue weighted by atomic mass is 9.98. The normalized spacial score (nSPS) is 16.5. The highest BCUT2D eigenvalue weighted by Crippen LogP contribution is 2.39. The number of nitrogens with one attached hydrogen (secondary N) is 1. The first-order valence-electron chi connectivity index (χ1n) is 8.08. The molecule has 2 aromatic rings. The molecule has 1 atom stereocenters. The number of carbonyl (C=O) groups excluding carboxylic acids is 1. The van der Waals surface area contributed by atoms with Gasteiger partial charge in [-0.1, -0.05) is 0 Å². The maximum absolute atomic E-state index is 12.5. The van der Waals surface area contributed by atoms with Crippen LogP contribution in [-0.4, -0.2) is 22.9 Å². The Morgan fingerprint density at radius 2 is 1.88 bits per heavy atom. The number of hydrogen-bond donors (Lipinski definition) is 1. The molecule has 0 radical (unpaired) electrons. The van der Waals surface area contributed by atoms with Crippen LogP contribution in [0.4, 0.5) is 0 Å². The molecule has 2 heterocycles. The molecule has 1 amide bonds. The van der Waals surface area contributed by atoms with Gasteiger partial charge in [0.05, 0.1) is 38.2 Å². The predicted octanol–water partition coefficient (Wildman–Crippen LogP) is 2.68. The fourth-order valence-corrected chi connectivity index (χ4v) is 2.83. The van der Waals surface area contributed by atoms with Gasteiger partial charge in [0.15, 0.2) is 0 Å². The monoisotopic (exact) mass is 327 g/mol. The molecule has 0 aliphatic heterocycles. The van der Waals surface area contributed by atoms with Crippen LogP contribution in [0.3, 0.4) is 0 Å². The summed E-state index contributed by atoms with van der Waals surface area (Å²) in [7, 11) is 0. The molecule has 3 rings (SSSR count). The van der Waals surface area contributed by atoms with Crippen LogP contribution in [0.2, 0.25) is 0 Å². The number of rotatable bonds is 8. The summed E-state index contributed by atoms with van der Waals surface area (Å²) in [5.74, 6) is 1.65. The second kappa shape index (κ2) is 6.93. The molecule has 126 valence electrons. The zero-order chi connectivity index (χ0) is 17.0. The predicted molar refractivity (Wildman–Crippen MR) is 86.4 cm³/mol. The summed E-state index contributed by atoms with van der Waals surface area (Å²) < 4.78 is 10.8. The van der Waals surface area contributed by atoms with Crippen LogP contribution < -0.4 is 5.32 Å². The van der Waals surface area contributed by atoms with Crippen LogP contribution >= 0.6 is 0 Å². The van der Waals surface area contributed by atoms with E-state index in [2.05, 4.69) is 11.4 Å². The molecule has 0 spiro atoms. The van der Waals surface area contributed by atoms with Gasteiger partial charge in [-0.3, -0.25) is 9.69 Å². The Morgan fingerprint density at radius 3 is 2.29 bits per heavy atom. The minimum Gasteiger partial charge on any atom is -0.468 e. The minimum atomic E-state index is -0.780. The number of hydrogen-bond acceptors (Lipinski definition) is 5. The van der Waals surface area contributed by atoms with E-state index in [9.17, 15) is 10.1 Å². The van der Waals surface area contributed by atoms with Gasteiger partial charge in [-0.05, 0) is 49.9 Å². The summed E-state index contributed by atoms with van der Waals surface area (Å²) in [5.41, 5.74) is -0.780. The largest absolute Gasteiger partial charge is 0.468 e. The van der Waals surface area contributed by atoms with Gasteiger partial charge in [-0.25, -0.2) is 0 Å². The van der Waals surface area contributed by atoms with Crippen molar-refractivity contribution in [1.29, 1.82) is 5.26 Å². The number of amides is 1. The third-order valence-electron chi connectivity index (χ3n) is 4.31. The summed E-state index contributed by atoms with van der Waals surface area (Å²) in [5, 5.41) is 12.3. The highest BCUT2D eigenvalue weighted by molar-refractivity contribution is 5.79. The van der Waals surface area contributed by atoms with E-state index in [0.717, 1.165) is 24.4 Å². The van der Waals surface area contributed by atoms with Crippen molar-refractivity contribution in [2.75, 3.05) is 6.54 Å². The molecule has 0 bridgehead atoms. The zero-order valence-electron chi connectivity index (χ0n) is 13.7. The average Bonchev–Trinajstić information content (AvgIpc) is 3.07. The maximum Gasteiger partial charge on any atom is 0.235 e. The maximum atomic E-state index is 12.5. The van der Waals surface area contributed by atoms with Crippen molar-refractivity contribution < 1.29 is 13.6 Å². The molecular weight excluding hydrogens is 306 g/mol. The number of furan rings is 2. The molecule has 0 saturated heterocycles. The molecule has 24 heavy (non-hydrogen) atoms. The van der Waals surface area contributed by atoms with Crippen molar-refractivity contribution in [1.82, 2.24) is 10.2 Å². The second-order valence-electron chi connectivity index (χ2n) is 6.44. The Hall–Kier alpha value is -2.52. The van der Waals surface area contributed by atoms with Gasteiger partial charge in [0.25, 0.3) is 0 Å². The van der Waals surface area contributed by atoms with E-state index in [1.807, 2.05) is 29.2 Å². The Morgan fingerprint density at radius 1 is 1.29 bits per heavy atom. The van der Waals surface area contributed by atoms with E-state index in [4.69, 9.17) is 8.83 Å². The van der Waals surface area contributed by atoms with Crippen molar-refractivity contribution in [3.63, 3.8) is 0 Å². The second-order valence-corrected chi connectivity index (χ2v) is 6.44. The van der Waals surface area contributed by atoms with Gasteiger partial charge < -0.3 is 14.2 Å². The molecule has 1 saturated carbocycles. The fraction of sp³-hybridized carbons (Fsp3) is 0.444. The van der Waals surface area contributed by atoms with Gasteiger partial charge in [0.2, 0.25) is 5.91 Å². The zero-order valence-corrected chi connectivity index (χ0v) is 13.7. The number of carbonyl (C=O) groups is 1. The third kappa shape index (κ3) is 4.06. The van der Waals surface area contributed by atoms with Crippen molar-refractivity contribution in [2.45, 2.75) is 38.4 Å². The Bertz CT molecular complexity index is 662. The highest BCUT2D eigenvalue weighted by Gasteiger charge is 2.43. The standard InChI is InChI=1S/C18H21N3O3/c1-18(13-19,14-6-7-14)20-17(22)12-21(10-15-4-2-8-23-15)11-16-5-3-9-24-16/h2-5,8-9,14H,6-7,10-12H2,1H3,(H,20,22). The molecule has 2 aromatic heterocycles. The summed E-state index contributed by atoms with van der Waals surface area (Å²) in [6.07, 6.45) is 5.21. The van der Waals surface area contributed by atoms with Crippen molar-refractivity contribution in [3.05, 3.63) is 48.3 Å². The molecule has 1 aliphatic rings. The van der Waals surface area contributed by atoms with Crippen molar-refractivity contribution >= 4 is 5.91 Å². The van der Waals surface area contributed by atoms with Gasteiger partial charge in [-0.15, -0.1) is 0 Å². The Labute approximate surface area is 141 Å². The fourth-order valence-electron chi connectivity index (χ4n) is 2.83. The molecule has 0 aromatic carbocycles. The molecule has 1 fully saturated rings. The van der Waals surface area contributed by atoms with Crippen LogP contribution in [0.25, 0.3) is 0 Å². The van der Waals surface area contributed by atoms with Gasteiger partial charge >= 0.3 is 0 Å². The lowest BCUT2D eigenvalue weighted by molar-refractivity contribution is -0.124. The smallest absolute Gasteiger partial charge is 0.235 e. The Balaban J connectivity index is 1.64. The lowest BCUT2D eigenvalue weighted by Crippen LogP contribution is -2.50. The molecule has 1 N–H and O–H groups in total. The summed E-state index contributed by atoms with van der Waals surface area (Å²) >= 11 is 0. The molecule has 6 heteroatoms. The number of nitrogens with zero attached hydrogens (tertiary/aromatic N) is 2. The first-order chi connectivity index (χ1) is 11.6. The first-order valence-corrected chi connectivity index (χ1v) is 8.08. The molecule has 1 aliphatic carbocycles. The minimum absolute atomic E-state index is 0.163. The van der Waals surface area contributed by atoms with Crippen LogP contribution in [0, 0.1) is 17.2 Å². The summed E-state index contributed by atoms with van der Waals surface area (Å²) in [6, 6.07) is 9.63. The average molecular weight is 327 g/mol. The topological polar surface area (TPSA) is 82.4 Å². The highest BCUT2D eigenvalue weighted by atomic mass is 16.3. The quantitative estimate of drug-likeness (QED) is 0.806. The lowest BCUT2D eigenvalue weighted by Gasteiger charge is -2.25. The van der Waals surface area contributed by atoms with Crippen LogP contribution in [0.1, 0.15) is 31.3 Å². The Kier molecular flexibility index (Phi) is 4.72. The molecular formula is C18H21N3O3. The number of nitriles is 1. The van der Waals surface area contributed by atoms with E-state index in [-0.39, 0.29) is 18.4 Å².